The number of nitrogens with zero attached hydrogens (tertiary/aromatic N) is 1. The van der Waals surface area contributed by atoms with E-state index in [0.717, 1.165) is 25.7 Å². The lowest BCUT2D eigenvalue weighted by Crippen LogP contribution is -2.41. The number of hydrogen-bond donors (Lipinski definition) is 2. The van der Waals surface area contributed by atoms with E-state index < -0.39 is 18.1 Å². The average molecular weight is 313 g/mol. The number of ether oxygens (including phenoxy) is 1. The van der Waals surface area contributed by atoms with E-state index in [1.807, 2.05) is 6.08 Å². The van der Waals surface area contributed by atoms with Crippen LogP contribution in [0.1, 0.15) is 38.5 Å². The highest BCUT2D eigenvalue weighted by Gasteiger charge is 2.39. The van der Waals surface area contributed by atoms with Crippen molar-refractivity contribution in [3.05, 3.63) is 12.7 Å². The third-order valence-corrected chi connectivity index (χ3v) is 4.02. The lowest BCUT2D eigenvalue weighted by Gasteiger charge is -2.24. The minimum Gasteiger partial charge on any atom is -0.480 e. The van der Waals surface area contributed by atoms with Gasteiger partial charge in [-0.1, -0.05) is 12.5 Å². The Morgan fingerprint density at radius 3 is 2.77 bits per heavy atom. The van der Waals surface area contributed by atoms with Crippen LogP contribution in [0, 0.1) is 5.92 Å². The summed E-state index contributed by atoms with van der Waals surface area (Å²) < 4.78 is 5.16. The van der Waals surface area contributed by atoms with Gasteiger partial charge in [-0.05, 0) is 25.2 Å². The molecule has 22 heavy (non-hydrogen) atoms. The van der Waals surface area contributed by atoms with Gasteiger partial charge in [0.1, 0.15) is 6.04 Å². The molecule has 3 atom stereocenters. The fourth-order valence-electron chi connectivity index (χ4n) is 2.89. The molecule has 0 radical (unpaired) electrons. The van der Waals surface area contributed by atoms with Gasteiger partial charge in [0.05, 0.1) is 6.10 Å². The zero-order valence-corrected chi connectivity index (χ0v) is 13.2. The maximum atomic E-state index is 12.4. The largest absolute Gasteiger partial charge is 0.480 e. The summed E-state index contributed by atoms with van der Waals surface area (Å²) in [7, 11) is 1.60. The van der Waals surface area contributed by atoms with Gasteiger partial charge >= 0.3 is 5.97 Å². The van der Waals surface area contributed by atoms with Gasteiger partial charge in [0, 0.05) is 33.1 Å². The number of aliphatic hydroxyl groups excluding tert-OH is 1. The number of carbonyl (C=O) groups is 2. The van der Waals surface area contributed by atoms with E-state index in [0.29, 0.717) is 6.61 Å². The van der Waals surface area contributed by atoms with Crippen LogP contribution in [-0.4, -0.2) is 59.4 Å². The number of carbonyl (C=O) groups excluding carboxylic acids is 1. The molecule has 0 unspecified atom stereocenters. The number of allylic oxidation sites excluding steroid dienone is 1. The highest BCUT2D eigenvalue weighted by atomic mass is 16.5. The van der Waals surface area contributed by atoms with Crippen molar-refractivity contribution in [2.24, 2.45) is 5.92 Å². The monoisotopic (exact) mass is 313 g/mol. The highest BCUT2D eigenvalue weighted by Crippen LogP contribution is 2.22. The summed E-state index contributed by atoms with van der Waals surface area (Å²) in [6.07, 6.45) is 5.32. The van der Waals surface area contributed by atoms with Crippen molar-refractivity contribution in [1.82, 2.24) is 4.90 Å². The molecule has 0 spiro atoms. The number of methoxy groups -OCH3 is 1. The third kappa shape index (κ3) is 5.77. The van der Waals surface area contributed by atoms with Crippen LogP contribution in [0.3, 0.4) is 0 Å². The first-order valence-corrected chi connectivity index (χ1v) is 7.79. The first-order chi connectivity index (χ1) is 10.5. The second-order valence-electron chi connectivity index (χ2n) is 5.89. The number of rotatable bonds is 10. The second kappa shape index (κ2) is 9.58. The maximum absolute atomic E-state index is 12.4. The average Bonchev–Trinajstić information content (AvgIpc) is 2.86. The number of aliphatic hydroxyl groups is 1. The van der Waals surface area contributed by atoms with Crippen LogP contribution in [0.4, 0.5) is 0 Å². The Hall–Kier alpha value is -1.40. The van der Waals surface area contributed by atoms with E-state index in [9.17, 15) is 14.7 Å². The van der Waals surface area contributed by atoms with Crippen LogP contribution >= 0.6 is 0 Å². The van der Waals surface area contributed by atoms with Crippen molar-refractivity contribution in [3.8, 4) is 0 Å². The van der Waals surface area contributed by atoms with Gasteiger partial charge in [0.2, 0.25) is 5.91 Å². The van der Waals surface area contributed by atoms with Gasteiger partial charge in [-0.15, -0.1) is 6.58 Å². The second-order valence-corrected chi connectivity index (χ2v) is 5.89. The smallest absolute Gasteiger partial charge is 0.326 e. The first-order valence-electron chi connectivity index (χ1n) is 7.79. The molecule has 6 heteroatoms. The van der Waals surface area contributed by atoms with E-state index in [-0.39, 0.29) is 31.2 Å². The standard InChI is InChI=1S/C16H27NO5/c1-3-4-5-6-7-12(11-22-2)8-15(19)17-10-13(18)9-14(17)16(20)21/h3,12-14,18H,1,4-11H2,2H3,(H,20,21)/t12-,13-,14+/m1/s1. The molecule has 1 aliphatic heterocycles. The summed E-state index contributed by atoms with van der Waals surface area (Å²) in [5.74, 6) is -1.19. The number of β-amino-alcohol motifs (C(OH)–C–C–N with tert-alkyl or cyclic N) is 1. The lowest BCUT2D eigenvalue weighted by atomic mass is 9.97. The van der Waals surface area contributed by atoms with Crippen molar-refractivity contribution >= 4 is 11.9 Å². The molecule has 6 nitrogen and oxygen atoms in total. The van der Waals surface area contributed by atoms with Crippen molar-refractivity contribution in [1.29, 1.82) is 0 Å². The van der Waals surface area contributed by atoms with Crippen molar-refractivity contribution in [2.45, 2.75) is 50.7 Å². The van der Waals surface area contributed by atoms with Crippen LogP contribution in [0.25, 0.3) is 0 Å². The summed E-state index contributed by atoms with van der Waals surface area (Å²) in [6, 6.07) is -0.911. The van der Waals surface area contributed by atoms with Gasteiger partial charge in [-0.25, -0.2) is 4.79 Å². The predicted octanol–water partition coefficient (Wildman–Crippen LogP) is 1.43. The van der Waals surface area contributed by atoms with E-state index in [1.165, 1.54) is 4.90 Å². The summed E-state index contributed by atoms with van der Waals surface area (Å²) in [6.45, 7) is 4.26. The Labute approximate surface area is 131 Å². The maximum Gasteiger partial charge on any atom is 0.326 e. The molecule has 1 aliphatic rings. The molecular formula is C16H27NO5. The topological polar surface area (TPSA) is 87.1 Å². The molecule has 1 saturated heterocycles. The number of carboxylic acid groups (broad SMARTS) is 1. The number of carboxylic acids is 1. The lowest BCUT2D eigenvalue weighted by molar-refractivity contribution is -0.148. The van der Waals surface area contributed by atoms with Crippen LogP contribution < -0.4 is 0 Å². The predicted molar refractivity (Wildman–Crippen MR) is 82.4 cm³/mol. The number of hydrogen-bond acceptors (Lipinski definition) is 4. The molecule has 0 aliphatic carbocycles. The molecule has 1 rings (SSSR count). The van der Waals surface area contributed by atoms with Crippen LogP contribution in [0.2, 0.25) is 0 Å². The zero-order chi connectivity index (χ0) is 16.5. The van der Waals surface area contributed by atoms with Crippen LogP contribution in [0.5, 0.6) is 0 Å². The fourth-order valence-corrected chi connectivity index (χ4v) is 2.89. The molecule has 0 bridgehead atoms. The van der Waals surface area contributed by atoms with Crippen molar-refractivity contribution in [3.63, 3.8) is 0 Å². The fraction of sp³-hybridized carbons (Fsp3) is 0.750. The van der Waals surface area contributed by atoms with E-state index in [2.05, 4.69) is 6.58 Å². The molecular weight excluding hydrogens is 286 g/mol. The van der Waals surface area contributed by atoms with Gasteiger partial charge < -0.3 is 19.8 Å². The quantitative estimate of drug-likeness (QED) is 0.470. The minimum absolute atomic E-state index is 0.0782. The minimum atomic E-state index is -1.06. The van der Waals surface area contributed by atoms with Crippen molar-refractivity contribution < 1.29 is 24.5 Å². The Bertz CT molecular complexity index is 385. The summed E-state index contributed by atoms with van der Waals surface area (Å²) in [5.41, 5.74) is 0. The SMILES string of the molecule is C=CCCCC[C@@H](COC)CC(=O)N1C[C@H](O)C[C@H]1C(=O)O. The van der Waals surface area contributed by atoms with E-state index >= 15 is 0 Å². The Kier molecular flexibility index (Phi) is 8.12. The summed E-state index contributed by atoms with van der Waals surface area (Å²) >= 11 is 0. The Morgan fingerprint density at radius 2 is 2.18 bits per heavy atom. The van der Waals surface area contributed by atoms with Gasteiger partial charge in [-0.2, -0.15) is 0 Å². The number of aliphatic carboxylic acids is 1. The van der Waals surface area contributed by atoms with Crippen LogP contribution in [0.15, 0.2) is 12.7 Å². The zero-order valence-electron chi connectivity index (χ0n) is 13.2. The molecule has 1 fully saturated rings. The number of unbranched alkanes of at least 4 members (excludes halogenated alkanes) is 2. The number of likely N-dealkylation sites (tertiary alicyclic amines) is 1. The van der Waals surface area contributed by atoms with Crippen LogP contribution in [-0.2, 0) is 14.3 Å². The molecule has 1 amide bonds. The highest BCUT2D eigenvalue weighted by molar-refractivity contribution is 5.84. The summed E-state index contributed by atoms with van der Waals surface area (Å²) in [4.78, 5) is 24.8. The summed E-state index contributed by atoms with van der Waals surface area (Å²) in [5, 5.41) is 18.8. The van der Waals surface area contributed by atoms with Gasteiger partial charge in [-0.3, -0.25) is 4.79 Å². The van der Waals surface area contributed by atoms with Gasteiger partial charge in [0.15, 0.2) is 0 Å². The number of amides is 1. The molecule has 2 N–H and O–H groups in total. The molecule has 0 aromatic carbocycles. The normalized spacial score (nSPS) is 22.5. The van der Waals surface area contributed by atoms with Crippen molar-refractivity contribution in [2.75, 3.05) is 20.3 Å². The van der Waals surface area contributed by atoms with Gasteiger partial charge in [0.25, 0.3) is 0 Å². The molecule has 0 aromatic rings. The molecule has 0 aromatic heterocycles. The Balaban J connectivity index is 2.54. The first kappa shape index (κ1) is 18.6. The Morgan fingerprint density at radius 1 is 1.45 bits per heavy atom. The van der Waals surface area contributed by atoms with E-state index in [1.54, 1.807) is 7.11 Å². The molecule has 1 heterocycles. The molecule has 126 valence electrons. The third-order valence-electron chi connectivity index (χ3n) is 4.02. The molecule has 0 saturated carbocycles. The van der Waals surface area contributed by atoms with E-state index in [4.69, 9.17) is 9.84 Å².